The third-order valence-corrected chi connectivity index (χ3v) is 2.93. The molecule has 0 aliphatic carbocycles. The number of hydrogen-bond acceptors (Lipinski definition) is 3. The van der Waals surface area contributed by atoms with E-state index in [1.165, 1.54) is 0 Å². The Morgan fingerprint density at radius 2 is 2.33 bits per heavy atom. The number of methoxy groups -OCH3 is 1. The van der Waals surface area contributed by atoms with Gasteiger partial charge >= 0.3 is 0 Å². The van der Waals surface area contributed by atoms with Gasteiger partial charge in [-0.3, -0.25) is 0 Å². The van der Waals surface area contributed by atoms with Gasteiger partial charge in [-0.2, -0.15) is 0 Å². The average Bonchev–Trinajstić information content (AvgIpc) is 2.40. The zero-order valence-electron chi connectivity index (χ0n) is 8.72. The van der Waals surface area contributed by atoms with Crippen molar-refractivity contribution < 1.29 is 4.74 Å². The highest BCUT2D eigenvalue weighted by Gasteiger charge is 2.19. The lowest BCUT2D eigenvalue weighted by Gasteiger charge is -2.16. The fourth-order valence-corrected chi connectivity index (χ4v) is 2.15. The average molecular weight is 227 g/mol. The van der Waals surface area contributed by atoms with E-state index in [-0.39, 0.29) is 6.04 Å². The Morgan fingerprint density at radius 1 is 1.53 bits per heavy atom. The smallest absolute Gasteiger partial charge is 0.143 e. The van der Waals surface area contributed by atoms with Crippen molar-refractivity contribution in [2.45, 2.75) is 18.9 Å². The maximum atomic E-state index is 6.08. The van der Waals surface area contributed by atoms with E-state index in [4.69, 9.17) is 22.1 Å². The van der Waals surface area contributed by atoms with Crippen molar-refractivity contribution in [3.05, 3.63) is 22.7 Å². The summed E-state index contributed by atoms with van der Waals surface area (Å²) in [5, 5.41) is 4.01. The van der Waals surface area contributed by atoms with E-state index in [0.29, 0.717) is 5.02 Å². The monoisotopic (exact) mass is 226 g/mol. The summed E-state index contributed by atoms with van der Waals surface area (Å²) in [6.45, 7) is 0.929. The van der Waals surface area contributed by atoms with Crippen LogP contribution in [0, 0.1) is 0 Å². The van der Waals surface area contributed by atoms with E-state index in [9.17, 15) is 0 Å². The zero-order chi connectivity index (χ0) is 10.8. The van der Waals surface area contributed by atoms with Crippen molar-refractivity contribution in [1.82, 2.24) is 0 Å². The second-order valence-corrected chi connectivity index (χ2v) is 4.18. The molecule has 1 aliphatic rings. The quantitative estimate of drug-likeness (QED) is 0.774. The molecule has 0 saturated heterocycles. The molecule has 1 aromatic rings. The van der Waals surface area contributed by atoms with E-state index >= 15 is 0 Å². The molecule has 0 radical (unpaired) electrons. The molecule has 0 fully saturated rings. The van der Waals surface area contributed by atoms with E-state index in [2.05, 4.69) is 5.32 Å². The number of nitrogens with one attached hydrogen (secondary N) is 1. The van der Waals surface area contributed by atoms with Crippen LogP contribution in [0.25, 0.3) is 0 Å². The first-order chi connectivity index (χ1) is 7.22. The number of anilines is 1. The van der Waals surface area contributed by atoms with E-state index in [1.807, 2.05) is 12.1 Å². The maximum Gasteiger partial charge on any atom is 0.143 e. The predicted octanol–water partition coefficient (Wildman–Crippen LogP) is 2.55. The fraction of sp³-hybridized carbons (Fsp3) is 0.455. The maximum absolute atomic E-state index is 6.08. The van der Waals surface area contributed by atoms with Crippen LogP contribution >= 0.6 is 11.6 Å². The summed E-state index contributed by atoms with van der Waals surface area (Å²) in [4.78, 5) is 0. The SMILES string of the molecule is COc1cc(Cl)cc2c1NCCCC2N. The molecular weight excluding hydrogens is 212 g/mol. The van der Waals surface area contributed by atoms with Gasteiger partial charge in [0.15, 0.2) is 0 Å². The van der Waals surface area contributed by atoms with Crippen LogP contribution in [0.4, 0.5) is 5.69 Å². The van der Waals surface area contributed by atoms with Crippen molar-refractivity contribution in [1.29, 1.82) is 0 Å². The van der Waals surface area contributed by atoms with Crippen LogP contribution < -0.4 is 15.8 Å². The number of rotatable bonds is 1. The third kappa shape index (κ3) is 2.03. The van der Waals surface area contributed by atoms with Gasteiger partial charge in [0.2, 0.25) is 0 Å². The first kappa shape index (κ1) is 10.6. The van der Waals surface area contributed by atoms with Crippen LogP contribution in [0.3, 0.4) is 0 Å². The van der Waals surface area contributed by atoms with Crippen LogP contribution in [0.5, 0.6) is 5.75 Å². The Bertz CT molecular complexity index is 368. The van der Waals surface area contributed by atoms with Gasteiger partial charge in [0.25, 0.3) is 0 Å². The highest BCUT2D eigenvalue weighted by Crippen LogP contribution is 2.37. The highest BCUT2D eigenvalue weighted by atomic mass is 35.5. The van der Waals surface area contributed by atoms with Crippen LogP contribution in [0.1, 0.15) is 24.4 Å². The van der Waals surface area contributed by atoms with E-state index in [1.54, 1.807) is 7.11 Å². The molecule has 0 aromatic heterocycles. The molecule has 3 nitrogen and oxygen atoms in total. The third-order valence-electron chi connectivity index (χ3n) is 2.71. The van der Waals surface area contributed by atoms with Crippen LogP contribution in [-0.2, 0) is 0 Å². The molecule has 2 rings (SSSR count). The Morgan fingerprint density at radius 3 is 3.07 bits per heavy atom. The number of benzene rings is 1. The van der Waals surface area contributed by atoms with Gasteiger partial charge in [0, 0.05) is 23.7 Å². The fourth-order valence-electron chi connectivity index (χ4n) is 1.94. The predicted molar refractivity (Wildman–Crippen MR) is 62.7 cm³/mol. The second kappa shape index (κ2) is 4.29. The Labute approximate surface area is 94.6 Å². The van der Waals surface area contributed by atoms with Gasteiger partial charge in [0.05, 0.1) is 12.8 Å². The van der Waals surface area contributed by atoms with Crippen molar-refractivity contribution in [3.63, 3.8) is 0 Å². The lowest BCUT2D eigenvalue weighted by atomic mass is 10.0. The zero-order valence-corrected chi connectivity index (χ0v) is 9.47. The molecule has 4 heteroatoms. The van der Waals surface area contributed by atoms with Crippen molar-refractivity contribution in [2.75, 3.05) is 19.0 Å². The summed E-state index contributed by atoms with van der Waals surface area (Å²) < 4.78 is 5.29. The Balaban J connectivity index is 2.52. The molecule has 1 unspecified atom stereocenters. The topological polar surface area (TPSA) is 47.3 Å². The van der Waals surface area contributed by atoms with E-state index in [0.717, 1.165) is 36.4 Å². The molecule has 0 amide bonds. The van der Waals surface area contributed by atoms with Gasteiger partial charge in [-0.25, -0.2) is 0 Å². The molecule has 0 saturated carbocycles. The molecular formula is C11H15ClN2O. The van der Waals surface area contributed by atoms with Gasteiger partial charge in [-0.05, 0) is 24.5 Å². The Kier molecular flexibility index (Phi) is 3.03. The first-order valence-electron chi connectivity index (χ1n) is 5.09. The molecule has 1 atom stereocenters. The molecule has 0 bridgehead atoms. The first-order valence-corrected chi connectivity index (χ1v) is 5.47. The van der Waals surface area contributed by atoms with Crippen molar-refractivity contribution in [2.24, 2.45) is 5.73 Å². The summed E-state index contributed by atoms with van der Waals surface area (Å²) in [6, 6.07) is 3.77. The number of hydrogen-bond donors (Lipinski definition) is 2. The molecule has 0 spiro atoms. The minimum absolute atomic E-state index is 0.0441. The lowest BCUT2D eigenvalue weighted by Crippen LogP contribution is -2.10. The summed E-state index contributed by atoms with van der Waals surface area (Å²) in [7, 11) is 1.64. The summed E-state index contributed by atoms with van der Waals surface area (Å²) in [5.74, 6) is 0.773. The molecule has 1 aromatic carbocycles. The number of halogens is 1. The van der Waals surface area contributed by atoms with E-state index < -0.39 is 0 Å². The van der Waals surface area contributed by atoms with Gasteiger partial charge < -0.3 is 15.8 Å². The normalized spacial score (nSPS) is 20.1. The largest absolute Gasteiger partial charge is 0.495 e. The summed E-state index contributed by atoms with van der Waals surface area (Å²) in [6.07, 6.45) is 2.04. The van der Waals surface area contributed by atoms with Gasteiger partial charge in [0.1, 0.15) is 5.75 Å². The van der Waals surface area contributed by atoms with Crippen LogP contribution in [0.15, 0.2) is 12.1 Å². The standard InChI is InChI=1S/C11H15ClN2O/c1-15-10-6-7(12)5-8-9(13)3-2-4-14-11(8)10/h5-6,9,14H,2-4,13H2,1H3. The molecule has 82 valence electrons. The molecule has 3 N–H and O–H groups in total. The van der Waals surface area contributed by atoms with Gasteiger partial charge in [-0.15, -0.1) is 0 Å². The Hall–Kier alpha value is -0.930. The minimum Gasteiger partial charge on any atom is -0.495 e. The second-order valence-electron chi connectivity index (χ2n) is 3.75. The molecule has 15 heavy (non-hydrogen) atoms. The minimum atomic E-state index is 0.0441. The van der Waals surface area contributed by atoms with Crippen molar-refractivity contribution >= 4 is 17.3 Å². The lowest BCUT2D eigenvalue weighted by molar-refractivity contribution is 0.416. The van der Waals surface area contributed by atoms with Gasteiger partial charge in [-0.1, -0.05) is 11.6 Å². The van der Waals surface area contributed by atoms with Crippen LogP contribution in [0.2, 0.25) is 5.02 Å². The number of ether oxygens (including phenoxy) is 1. The summed E-state index contributed by atoms with van der Waals surface area (Å²) >= 11 is 6.02. The summed E-state index contributed by atoms with van der Waals surface area (Å²) in [5.41, 5.74) is 8.13. The molecule has 1 heterocycles. The van der Waals surface area contributed by atoms with Crippen LogP contribution in [-0.4, -0.2) is 13.7 Å². The highest BCUT2D eigenvalue weighted by molar-refractivity contribution is 6.31. The van der Waals surface area contributed by atoms with Crippen molar-refractivity contribution in [3.8, 4) is 5.75 Å². The number of fused-ring (bicyclic) bond motifs is 1. The molecule has 1 aliphatic heterocycles. The number of nitrogens with two attached hydrogens (primary N) is 1.